The van der Waals surface area contributed by atoms with E-state index < -0.39 is 18.2 Å². The van der Waals surface area contributed by atoms with Crippen LogP contribution < -0.4 is 5.73 Å². The summed E-state index contributed by atoms with van der Waals surface area (Å²) in [4.78, 5) is 11.1. The van der Waals surface area contributed by atoms with Gasteiger partial charge < -0.3 is 10.5 Å². The van der Waals surface area contributed by atoms with E-state index in [1.807, 2.05) is 0 Å². The minimum absolute atomic E-state index is 0. The maximum Gasteiger partial charge on any atom is 0.342 e. The number of esters is 1. The predicted molar refractivity (Wildman–Crippen MR) is 67.2 cm³/mol. The van der Waals surface area contributed by atoms with Crippen molar-refractivity contribution in [2.24, 2.45) is 5.73 Å². The molecule has 0 bridgehead atoms. The lowest BCUT2D eigenvalue weighted by molar-refractivity contribution is -0.149. The van der Waals surface area contributed by atoms with Crippen LogP contribution in [-0.4, -0.2) is 18.7 Å². The van der Waals surface area contributed by atoms with Crippen LogP contribution >= 0.6 is 24.0 Å². The summed E-state index contributed by atoms with van der Waals surface area (Å²) in [7, 11) is 0. The molecule has 0 radical (unpaired) electrons. The number of hydrogen-bond donors (Lipinski definition) is 1. The van der Waals surface area contributed by atoms with Crippen LogP contribution in [0.3, 0.4) is 0 Å². The highest BCUT2D eigenvalue weighted by atomic mass is 35.5. The molecule has 6 heteroatoms. The summed E-state index contributed by atoms with van der Waals surface area (Å²) in [5, 5.41) is 0.448. The first-order valence-corrected chi connectivity index (χ1v) is 5.25. The summed E-state index contributed by atoms with van der Waals surface area (Å²) in [6, 6.07) is 5.38. The van der Waals surface area contributed by atoms with Gasteiger partial charge in [0, 0.05) is 5.02 Å². The van der Waals surface area contributed by atoms with E-state index in [9.17, 15) is 9.18 Å². The SMILES string of the molecule is CCOC(=O)C(F)[C@H](N)c1cccc(Cl)c1.Cl. The van der Waals surface area contributed by atoms with E-state index in [2.05, 4.69) is 4.74 Å². The number of alkyl halides is 1. The summed E-state index contributed by atoms with van der Waals surface area (Å²) in [6.07, 6.45) is -1.88. The molecule has 1 aromatic carbocycles. The highest BCUT2D eigenvalue weighted by molar-refractivity contribution is 6.30. The molecule has 0 saturated carbocycles. The van der Waals surface area contributed by atoms with Gasteiger partial charge in [0.25, 0.3) is 0 Å². The first kappa shape index (κ1) is 16.2. The third-order valence-corrected chi connectivity index (χ3v) is 2.30. The zero-order valence-electron chi connectivity index (χ0n) is 9.23. The number of hydrogen-bond acceptors (Lipinski definition) is 3. The molecule has 0 aliphatic heterocycles. The highest BCUT2D eigenvalue weighted by Gasteiger charge is 2.27. The minimum Gasteiger partial charge on any atom is -0.464 e. The van der Waals surface area contributed by atoms with Crippen molar-refractivity contribution in [2.45, 2.75) is 19.1 Å². The normalized spacial score (nSPS) is 13.4. The quantitative estimate of drug-likeness (QED) is 0.864. The van der Waals surface area contributed by atoms with Gasteiger partial charge in [-0.2, -0.15) is 0 Å². The summed E-state index contributed by atoms with van der Waals surface area (Å²) in [6.45, 7) is 1.73. The van der Waals surface area contributed by atoms with Crippen molar-refractivity contribution in [2.75, 3.05) is 6.61 Å². The number of ether oxygens (including phenoxy) is 1. The molecule has 2 N–H and O–H groups in total. The molecule has 1 unspecified atom stereocenters. The fraction of sp³-hybridized carbons (Fsp3) is 0.364. The van der Waals surface area contributed by atoms with Crippen LogP contribution in [0.15, 0.2) is 24.3 Å². The molecule has 0 aliphatic rings. The van der Waals surface area contributed by atoms with Gasteiger partial charge in [0.2, 0.25) is 6.17 Å². The van der Waals surface area contributed by atoms with Gasteiger partial charge in [-0.15, -0.1) is 12.4 Å². The molecule has 0 amide bonds. The van der Waals surface area contributed by atoms with Crippen LogP contribution in [0, 0.1) is 0 Å². The van der Waals surface area contributed by atoms with Crippen LogP contribution in [0.1, 0.15) is 18.5 Å². The molecular formula is C11H14Cl2FNO2. The zero-order valence-corrected chi connectivity index (χ0v) is 10.8. The van der Waals surface area contributed by atoms with Crippen molar-refractivity contribution < 1.29 is 13.9 Å². The number of halogens is 3. The molecule has 0 spiro atoms. The van der Waals surface area contributed by atoms with Gasteiger partial charge in [0.15, 0.2) is 0 Å². The number of benzene rings is 1. The van der Waals surface area contributed by atoms with Gasteiger partial charge in [0.1, 0.15) is 0 Å². The van der Waals surface area contributed by atoms with Gasteiger partial charge >= 0.3 is 5.97 Å². The van der Waals surface area contributed by atoms with E-state index in [1.54, 1.807) is 25.1 Å². The molecule has 2 atom stereocenters. The standard InChI is InChI=1S/C11H13ClFNO2.ClH/c1-2-16-11(15)9(13)10(14)7-4-3-5-8(12)6-7;/h3-6,9-10H,2,14H2,1H3;1H/t9?,10-;/m1./s1. The maximum absolute atomic E-state index is 13.6. The summed E-state index contributed by atoms with van der Waals surface area (Å²) in [5.41, 5.74) is 6.07. The van der Waals surface area contributed by atoms with Crippen molar-refractivity contribution in [3.05, 3.63) is 34.9 Å². The highest BCUT2D eigenvalue weighted by Crippen LogP contribution is 2.21. The molecule has 0 fully saturated rings. The minimum atomic E-state index is -1.88. The Morgan fingerprint density at radius 1 is 1.59 bits per heavy atom. The molecule has 0 saturated heterocycles. The van der Waals surface area contributed by atoms with Crippen molar-refractivity contribution in [1.82, 2.24) is 0 Å². The summed E-state index contributed by atoms with van der Waals surface area (Å²) >= 11 is 5.74. The van der Waals surface area contributed by atoms with Crippen molar-refractivity contribution in [1.29, 1.82) is 0 Å². The van der Waals surface area contributed by atoms with Crippen molar-refractivity contribution in [3.63, 3.8) is 0 Å². The Kier molecular flexibility index (Phi) is 7.11. The van der Waals surface area contributed by atoms with Crippen LogP contribution in [0.4, 0.5) is 4.39 Å². The van der Waals surface area contributed by atoms with Crippen LogP contribution in [0.5, 0.6) is 0 Å². The topological polar surface area (TPSA) is 52.3 Å². The van der Waals surface area contributed by atoms with Crippen LogP contribution in [0.2, 0.25) is 5.02 Å². The van der Waals surface area contributed by atoms with Gasteiger partial charge in [0.05, 0.1) is 12.6 Å². The maximum atomic E-state index is 13.6. The number of carbonyl (C=O) groups excluding carboxylic acids is 1. The van der Waals surface area contributed by atoms with E-state index in [0.29, 0.717) is 10.6 Å². The average Bonchev–Trinajstić information content (AvgIpc) is 2.27. The molecule has 17 heavy (non-hydrogen) atoms. The molecule has 1 aromatic rings. The van der Waals surface area contributed by atoms with E-state index in [0.717, 1.165) is 0 Å². The predicted octanol–water partition coefficient (Wildman–Crippen LogP) is 2.66. The van der Waals surface area contributed by atoms with E-state index >= 15 is 0 Å². The number of carbonyl (C=O) groups is 1. The fourth-order valence-electron chi connectivity index (χ4n) is 1.25. The second-order valence-corrected chi connectivity index (χ2v) is 3.67. The Morgan fingerprint density at radius 2 is 2.24 bits per heavy atom. The lowest BCUT2D eigenvalue weighted by Gasteiger charge is -2.15. The number of rotatable bonds is 4. The molecule has 0 aliphatic carbocycles. The first-order chi connectivity index (χ1) is 7.56. The average molecular weight is 282 g/mol. The van der Waals surface area contributed by atoms with E-state index in [4.69, 9.17) is 17.3 Å². The lowest BCUT2D eigenvalue weighted by Crippen LogP contribution is -2.31. The van der Waals surface area contributed by atoms with E-state index in [-0.39, 0.29) is 19.0 Å². The molecule has 96 valence electrons. The Balaban J connectivity index is 0.00000256. The van der Waals surface area contributed by atoms with Crippen molar-refractivity contribution >= 4 is 30.0 Å². The Labute approximate surface area is 110 Å². The smallest absolute Gasteiger partial charge is 0.342 e. The Bertz CT molecular complexity index is 376. The van der Waals surface area contributed by atoms with Gasteiger partial charge in [-0.05, 0) is 24.6 Å². The number of nitrogens with two attached hydrogens (primary N) is 1. The molecular weight excluding hydrogens is 268 g/mol. The molecule has 0 aromatic heterocycles. The fourth-order valence-corrected chi connectivity index (χ4v) is 1.45. The van der Waals surface area contributed by atoms with Gasteiger partial charge in [-0.3, -0.25) is 0 Å². The van der Waals surface area contributed by atoms with Gasteiger partial charge in [-0.1, -0.05) is 23.7 Å². The second kappa shape index (κ2) is 7.48. The van der Waals surface area contributed by atoms with Crippen molar-refractivity contribution in [3.8, 4) is 0 Å². The van der Waals surface area contributed by atoms with E-state index in [1.165, 1.54) is 6.07 Å². The second-order valence-electron chi connectivity index (χ2n) is 3.23. The van der Waals surface area contributed by atoms with Gasteiger partial charge in [-0.25, -0.2) is 9.18 Å². The van der Waals surface area contributed by atoms with Crippen LogP contribution in [0.25, 0.3) is 0 Å². The summed E-state index contributed by atoms with van der Waals surface area (Å²) in [5.74, 6) is -0.949. The molecule has 3 nitrogen and oxygen atoms in total. The summed E-state index contributed by atoms with van der Waals surface area (Å²) < 4.78 is 18.1. The Hall–Kier alpha value is -0.840. The first-order valence-electron chi connectivity index (χ1n) is 4.88. The monoisotopic (exact) mass is 281 g/mol. The third-order valence-electron chi connectivity index (χ3n) is 2.06. The molecule has 0 heterocycles. The largest absolute Gasteiger partial charge is 0.464 e. The molecule has 1 rings (SSSR count). The van der Waals surface area contributed by atoms with Crippen LogP contribution in [-0.2, 0) is 9.53 Å². The lowest BCUT2D eigenvalue weighted by atomic mass is 10.0. The Morgan fingerprint density at radius 3 is 2.76 bits per heavy atom. The third kappa shape index (κ3) is 4.50. The zero-order chi connectivity index (χ0) is 12.1.